The van der Waals surface area contributed by atoms with Gasteiger partial charge in [-0.15, -0.1) is 0 Å². The van der Waals surface area contributed by atoms with Gasteiger partial charge in [-0.05, 0) is 49.7 Å². The summed E-state index contributed by atoms with van der Waals surface area (Å²) >= 11 is 0. The Balaban J connectivity index is 1.59. The second-order valence-electron chi connectivity index (χ2n) is 6.56. The minimum Gasteiger partial charge on any atom is -0.490 e. The summed E-state index contributed by atoms with van der Waals surface area (Å²) < 4.78 is 52.9. The molecule has 3 aromatic rings. The lowest BCUT2D eigenvalue weighted by molar-refractivity contribution is -0.137. The topological polar surface area (TPSA) is 65.4 Å². The smallest absolute Gasteiger partial charge is 0.418 e. The second-order valence-corrected chi connectivity index (χ2v) is 6.56. The molecule has 0 fully saturated rings. The Labute approximate surface area is 177 Å². The summed E-state index contributed by atoms with van der Waals surface area (Å²) in [6, 6.07) is 12.4. The highest BCUT2D eigenvalue weighted by atomic mass is 19.4. The first-order valence-electron chi connectivity index (χ1n) is 9.74. The van der Waals surface area contributed by atoms with Crippen molar-refractivity contribution in [1.29, 1.82) is 0 Å². The number of benzene rings is 2. The zero-order chi connectivity index (χ0) is 22.3. The third kappa shape index (κ3) is 6.00. The quantitative estimate of drug-likeness (QED) is 0.478. The molecule has 6 nitrogen and oxygen atoms in total. The number of hydrogen-bond donors (Lipinski definition) is 1. The van der Waals surface area contributed by atoms with Gasteiger partial charge in [-0.3, -0.25) is 4.79 Å². The zero-order valence-electron chi connectivity index (χ0n) is 16.9. The number of carbonyl (C=O) groups is 1. The Kier molecular flexibility index (Phi) is 7.17. The first-order chi connectivity index (χ1) is 14.9. The molecule has 2 aromatic carbocycles. The molecule has 0 saturated carbocycles. The monoisotopic (exact) mass is 433 g/mol. The second kappa shape index (κ2) is 10.0. The van der Waals surface area contributed by atoms with Crippen molar-refractivity contribution in [3.63, 3.8) is 0 Å². The van der Waals surface area contributed by atoms with Gasteiger partial charge in [-0.2, -0.15) is 18.3 Å². The molecule has 0 radical (unpaired) electrons. The van der Waals surface area contributed by atoms with Gasteiger partial charge in [0, 0.05) is 18.8 Å². The highest BCUT2D eigenvalue weighted by Gasteiger charge is 2.34. The van der Waals surface area contributed by atoms with Gasteiger partial charge in [0.2, 0.25) is 5.91 Å². The molecule has 0 saturated heterocycles. The van der Waals surface area contributed by atoms with E-state index in [9.17, 15) is 18.0 Å². The normalized spacial score (nSPS) is 11.2. The fourth-order valence-electron chi connectivity index (χ4n) is 2.91. The summed E-state index contributed by atoms with van der Waals surface area (Å²) in [5.74, 6) is 0.624. The van der Waals surface area contributed by atoms with Gasteiger partial charge in [-0.1, -0.05) is 12.1 Å². The summed E-state index contributed by atoms with van der Waals surface area (Å²) in [6.45, 7) is 2.57. The molecule has 0 unspecified atom stereocenters. The molecule has 0 atom stereocenters. The van der Waals surface area contributed by atoms with Crippen LogP contribution in [0.1, 0.15) is 25.3 Å². The molecule has 0 spiro atoms. The van der Waals surface area contributed by atoms with E-state index < -0.39 is 17.6 Å². The number of carbonyl (C=O) groups excluding carboxylic acids is 1. The lowest BCUT2D eigenvalue weighted by atomic mass is 10.1. The van der Waals surface area contributed by atoms with Gasteiger partial charge in [0.1, 0.15) is 0 Å². The molecule has 1 aromatic heterocycles. The van der Waals surface area contributed by atoms with Gasteiger partial charge in [0.25, 0.3) is 0 Å². The third-order valence-electron chi connectivity index (χ3n) is 4.31. The van der Waals surface area contributed by atoms with Gasteiger partial charge in [-0.25, -0.2) is 4.68 Å². The Bertz CT molecular complexity index is 1000. The zero-order valence-corrected chi connectivity index (χ0v) is 16.9. The lowest BCUT2D eigenvalue weighted by Crippen LogP contribution is -2.17. The Morgan fingerprint density at radius 2 is 1.84 bits per heavy atom. The summed E-state index contributed by atoms with van der Waals surface area (Å²) in [4.78, 5) is 12.2. The summed E-state index contributed by atoms with van der Waals surface area (Å²) in [6.07, 6.45) is -1.28. The van der Waals surface area contributed by atoms with Crippen LogP contribution in [0.5, 0.6) is 11.5 Å². The average molecular weight is 433 g/mol. The maximum Gasteiger partial charge on any atom is 0.418 e. The largest absolute Gasteiger partial charge is 0.490 e. The molecule has 1 amide bonds. The van der Waals surface area contributed by atoms with Crippen LogP contribution < -0.4 is 14.8 Å². The van der Waals surface area contributed by atoms with Crippen molar-refractivity contribution < 1.29 is 27.4 Å². The number of ether oxygens (including phenoxy) is 2. The number of rotatable bonds is 9. The maximum absolute atomic E-state index is 13.5. The number of alkyl halides is 3. The van der Waals surface area contributed by atoms with Gasteiger partial charge < -0.3 is 14.8 Å². The van der Waals surface area contributed by atoms with Gasteiger partial charge in [0.15, 0.2) is 11.5 Å². The van der Waals surface area contributed by atoms with E-state index in [0.29, 0.717) is 24.5 Å². The van der Waals surface area contributed by atoms with E-state index >= 15 is 0 Å². The van der Waals surface area contributed by atoms with Crippen LogP contribution in [0.4, 0.5) is 18.9 Å². The van der Waals surface area contributed by atoms with E-state index in [-0.39, 0.29) is 24.4 Å². The number of nitrogens with zero attached hydrogens (tertiary/aromatic N) is 2. The van der Waals surface area contributed by atoms with Crippen molar-refractivity contribution in [2.45, 2.75) is 25.9 Å². The molecule has 1 heterocycles. The number of nitrogens with one attached hydrogen (secondary N) is 1. The molecule has 0 aliphatic carbocycles. The minimum atomic E-state index is -4.63. The first-order valence-corrected chi connectivity index (χ1v) is 9.74. The van der Waals surface area contributed by atoms with E-state index in [0.717, 1.165) is 6.07 Å². The molecule has 0 aliphatic rings. The van der Waals surface area contributed by atoms with Gasteiger partial charge >= 0.3 is 6.18 Å². The Morgan fingerprint density at radius 1 is 1.10 bits per heavy atom. The lowest BCUT2D eigenvalue weighted by Gasteiger charge is -2.15. The fraction of sp³-hybridized carbons (Fsp3) is 0.273. The summed E-state index contributed by atoms with van der Waals surface area (Å²) in [5, 5.41) is 6.28. The van der Waals surface area contributed by atoms with Crippen molar-refractivity contribution in [2.24, 2.45) is 0 Å². The fourth-order valence-corrected chi connectivity index (χ4v) is 2.91. The van der Waals surface area contributed by atoms with E-state index in [1.807, 2.05) is 13.0 Å². The predicted molar refractivity (Wildman–Crippen MR) is 110 cm³/mol. The van der Waals surface area contributed by atoms with E-state index in [4.69, 9.17) is 9.47 Å². The molecular formula is C22H22F3N3O3. The molecule has 31 heavy (non-hydrogen) atoms. The summed E-state index contributed by atoms with van der Waals surface area (Å²) in [7, 11) is 0. The molecular weight excluding hydrogens is 411 g/mol. The predicted octanol–water partition coefficient (Wildman–Crippen LogP) is 5.09. The van der Waals surface area contributed by atoms with E-state index in [1.54, 1.807) is 24.3 Å². The molecule has 0 bridgehead atoms. The maximum atomic E-state index is 13.5. The minimum absolute atomic E-state index is 0.00894. The van der Waals surface area contributed by atoms with Crippen LogP contribution in [0.2, 0.25) is 0 Å². The number of halogens is 3. The number of anilines is 1. The third-order valence-corrected chi connectivity index (χ3v) is 4.31. The standard InChI is InChI=1S/C22H22F3N3O3/c1-2-30-19-7-3-4-8-20(19)31-14-5-9-21(29)27-18-11-10-16(28-13-6-12-26-28)15-17(18)22(23,24)25/h3-4,6-8,10-13,15H,2,5,9,14H2,1H3,(H,27,29). The molecule has 9 heteroatoms. The van der Waals surface area contributed by atoms with Crippen LogP contribution in [0.3, 0.4) is 0 Å². The van der Waals surface area contributed by atoms with Crippen LogP contribution in [0.25, 0.3) is 5.69 Å². The van der Waals surface area contributed by atoms with Crippen LogP contribution >= 0.6 is 0 Å². The molecule has 0 aliphatic heterocycles. The number of para-hydroxylation sites is 2. The number of aromatic nitrogens is 2. The van der Waals surface area contributed by atoms with Crippen LogP contribution in [0, 0.1) is 0 Å². The van der Waals surface area contributed by atoms with Crippen LogP contribution in [-0.2, 0) is 11.0 Å². The Morgan fingerprint density at radius 3 is 2.48 bits per heavy atom. The van der Waals surface area contributed by atoms with Gasteiger partial charge in [0.05, 0.1) is 30.2 Å². The summed E-state index contributed by atoms with van der Waals surface area (Å²) in [5.41, 5.74) is -0.983. The van der Waals surface area contributed by atoms with E-state index in [1.165, 1.54) is 29.2 Å². The molecule has 3 rings (SSSR count). The van der Waals surface area contributed by atoms with E-state index in [2.05, 4.69) is 10.4 Å². The SMILES string of the molecule is CCOc1ccccc1OCCCC(=O)Nc1ccc(-n2cccn2)cc1C(F)(F)F. The van der Waals surface area contributed by atoms with Crippen molar-refractivity contribution in [2.75, 3.05) is 18.5 Å². The highest BCUT2D eigenvalue weighted by Crippen LogP contribution is 2.36. The van der Waals surface area contributed by atoms with Crippen molar-refractivity contribution in [3.8, 4) is 17.2 Å². The molecule has 1 N–H and O–H groups in total. The van der Waals surface area contributed by atoms with Crippen LogP contribution in [-0.4, -0.2) is 28.9 Å². The molecule has 164 valence electrons. The first kappa shape index (κ1) is 22.2. The van der Waals surface area contributed by atoms with Crippen molar-refractivity contribution in [1.82, 2.24) is 9.78 Å². The average Bonchev–Trinajstić information content (AvgIpc) is 3.27. The van der Waals surface area contributed by atoms with Crippen molar-refractivity contribution in [3.05, 3.63) is 66.5 Å². The Hall–Kier alpha value is -3.49. The van der Waals surface area contributed by atoms with Crippen LogP contribution in [0.15, 0.2) is 60.9 Å². The number of hydrogen-bond acceptors (Lipinski definition) is 4. The number of amides is 1. The van der Waals surface area contributed by atoms with Crippen molar-refractivity contribution >= 4 is 11.6 Å². The highest BCUT2D eigenvalue weighted by molar-refractivity contribution is 5.91.